The number of aliphatic hydroxyl groups excluding tert-OH is 2. The van der Waals surface area contributed by atoms with E-state index in [1.165, 1.54) is 12.5 Å². The molecule has 0 spiro atoms. The van der Waals surface area contributed by atoms with Crippen molar-refractivity contribution in [2.75, 3.05) is 11.9 Å². The quantitative estimate of drug-likeness (QED) is 0.383. The number of nitrogens with one attached hydrogen (secondary N) is 1. The maximum atomic E-state index is 13.2. The van der Waals surface area contributed by atoms with Gasteiger partial charge in [-0.15, -0.1) is 11.3 Å². The van der Waals surface area contributed by atoms with E-state index in [1.807, 2.05) is 20.8 Å². The number of thiophene rings is 1. The number of hydrogen-bond donors (Lipinski definition) is 4. The molecule has 1 aliphatic carbocycles. The summed E-state index contributed by atoms with van der Waals surface area (Å²) in [6.07, 6.45) is 1.73. The fourth-order valence-corrected chi connectivity index (χ4v) is 5.31. The second-order valence-electron chi connectivity index (χ2n) is 9.14. The minimum absolute atomic E-state index is 0.214. The highest BCUT2D eigenvalue weighted by Crippen LogP contribution is 2.41. The molecule has 1 saturated carbocycles. The van der Waals surface area contributed by atoms with Crippen LogP contribution in [0.5, 0.6) is 0 Å². The van der Waals surface area contributed by atoms with Gasteiger partial charge in [0.25, 0.3) is 0 Å². The van der Waals surface area contributed by atoms with Gasteiger partial charge in [0.05, 0.1) is 33.6 Å². The van der Waals surface area contributed by atoms with Gasteiger partial charge in [0.15, 0.2) is 0 Å². The number of carbonyl (C=O) groups is 1. The lowest BCUT2D eigenvalue weighted by atomic mass is 9.86. The minimum atomic E-state index is -4.10. The molecule has 10 nitrogen and oxygen atoms in total. The highest BCUT2D eigenvalue weighted by atomic mass is 35.5. The van der Waals surface area contributed by atoms with Gasteiger partial charge in [-0.2, -0.15) is 8.42 Å². The second-order valence-corrected chi connectivity index (χ2v) is 12.0. The largest absolute Gasteiger partial charge is 0.393 e. The van der Waals surface area contributed by atoms with Crippen LogP contribution < -0.4 is 10.5 Å². The average molecular weight is 519 g/mol. The number of carbonyl (C=O) groups excluding carboxylic acids is 1. The Morgan fingerprint density at radius 2 is 2.12 bits per heavy atom. The van der Waals surface area contributed by atoms with Crippen LogP contribution in [0.4, 0.5) is 5.82 Å². The standard InChI is InChI=1S/C20H27ClN4O6S2/c1-20(2,3)17(28)12-6-15(32-18(12)21)16(27)13-7-23-9-24-19(13)25-11-4-10(14(26)5-11)8-31-33(22,29)30/h6-7,9-11,14,17,26,28H,4-5,8H2,1-3H3,(H2,22,29,30)(H,23,24,25)/t10-,11-,14+,17?/m1/s1. The van der Waals surface area contributed by atoms with Gasteiger partial charge in [-0.3, -0.25) is 8.98 Å². The molecule has 0 amide bonds. The number of ketones is 1. The molecule has 0 aliphatic heterocycles. The Kier molecular flexibility index (Phi) is 7.79. The van der Waals surface area contributed by atoms with E-state index in [4.69, 9.17) is 16.7 Å². The van der Waals surface area contributed by atoms with Crippen molar-refractivity contribution >= 4 is 44.8 Å². The molecule has 0 bridgehead atoms. The van der Waals surface area contributed by atoms with Gasteiger partial charge < -0.3 is 15.5 Å². The van der Waals surface area contributed by atoms with Crippen LogP contribution in [0, 0.1) is 11.3 Å². The topological polar surface area (TPSA) is 165 Å². The predicted octanol–water partition coefficient (Wildman–Crippen LogP) is 2.27. The van der Waals surface area contributed by atoms with E-state index in [9.17, 15) is 23.4 Å². The van der Waals surface area contributed by atoms with Crippen LogP contribution in [-0.2, 0) is 14.5 Å². The van der Waals surface area contributed by atoms with Crippen LogP contribution in [0.25, 0.3) is 0 Å². The van der Waals surface area contributed by atoms with Crippen molar-refractivity contribution in [1.82, 2.24) is 9.97 Å². The smallest absolute Gasteiger partial charge is 0.333 e. The van der Waals surface area contributed by atoms with Crippen molar-refractivity contribution in [3.05, 3.63) is 38.9 Å². The Balaban J connectivity index is 1.77. The Labute approximate surface area is 201 Å². The highest BCUT2D eigenvalue weighted by molar-refractivity contribution is 7.84. The molecule has 13 heteroatoms. The molecule has 0 aromatic carbocycles. The van der Waals surface area contributed by atoms with Gasteiger partial charge in [0, 0.05) is 23.7 Å². The summed E-state index contributed by atoms with van der Waals surface area (Å²) in [5, 5.41) is 28.8. The minimum Gasteiger partial charge on any atom is -0.393 e. The number of nitrogens with two attached hydrogens (primary N) is 1. The molecule has 33 heavy (non-hydrogen) atoms. The number of aromatic nitrogens is 2. The van der Waals surface area contributed by atoms with Crippen LogP contribution in [0.1, 0.15) is 60.5 Å². The van der Waals surface area contributed by atoms with Crippen molar-refractivity contribution in [2.45, 2.75) is 51.9 Å². The monoisotopic (exact) mass is 518 g/mol. The van der Waals surface area contributed by atoms with E-state index in [2.05, 4.69) is 19.5 Å². The highest BCUT2D eigenvalue weighted by Gasteiger charge is 2.35. The van der Waals surface area contributed by atoms with Gasteiger partial charge in [0.1, 0.15) is 12.1 Å². The number of rotatable bonds is 8. The summed E-state index contributed by atoms with van der Waals surface area (Å²) in [7, 11) is -4.10. The summed E-state index contributed by atoms with van der Waals surface area (Å²) in [5.41, 5.74) is 0.242. The van der Waals surface area contributed by atoms with Gasteiger partial charge >= 0.3 is 10.3 Å². The molecule has 2 aromatic heterocycles. The summed E-state index contributed by atoms with van der Waals surface area (Å²) in [4.78, 5) is 21.7. The molecule has 3 rings (SSSR count). The molecule has 0 saturated heterocycles. The molecule has 1 unspecified atom stereocenters. The van der Waals surface area contributed by atoms with Crippen LogP contribution in [0.15, 0.2) is 18.6 Å². The first-order valence-corrected chi connectivity index (χ1v) is 12.9. The lowest BCUT2D eigenvalue weighted by molar-refractivity contribution is 0.0631. The van der Waals surface area contributed by atoms with Crippen molar-refractivity contribution in [2.24, 2.45) is 16.5 Å². The second kappa shape index (κ2) is 9.90. The van der Waals surface area contributed by atoms with E-state index in [0.717, 1.165) is 11.3 Å². The fourth-order valence-electron chi connectivity index (χ4n) is 3.67. The summed E-state index contributed by atoms with van der Waals surface area (Å²) < 4.78 is 27.0. The first kappa shape index (κ1) is 25.9. The summed E-state index contributed by atoms with van der Waals surface area (Å²) in [6.45, 7) is 5.38. The number of nitrogens with zero attached hydrogens (tertiary/aromatic N) is 2. The van der Waals surface area contributed by atoms with Gasteiger partial charge in [0.2, 0.25) is 5.78 Å². The Bertz CT molecular complexity index is 1120. The van der Waals surface area contributed by atoms with Crippen LogP contribution in [0.2, 0.25) is 4.34 Å². The zero-order chi connectivity index (χ0) is 24.6. The number of anilines is 1. The Morgan fingerprint density at radius 1 is 1.42 bits per heavy atom. The van der Waals surface area contributed by atoms with Gasteiger partial charge in [-0.05, 0) is 24.3 Å². The molecular formula is C20H27ClN4O6S2. The van der Waals surface area contributed by atoms with Gasteiger partial charge in [-0.1, -0.05) is 32.4 Å². The van der Waals surface area contributed by atoms with E-state index < -0.39 is 33.8 Å². The summed E-state index contributed by atoms with van der Waals surface area (Å²) in [6, 6.07) is 1.31. The molecule has 0 radical (unpaired) electrons. The third-order valence-electron chi connectivity index (χ3n) is 5.45. The molecule has 5 N–H and O–H groups in total. The first-order chi connectivity index (χ1) is 15.3. The maximum absolute atomic E-state index is 13.2. The van der Waals surface area contributed by atoms with Crippen LogP contribution >= 0.6 is 22.9 Å². The third-order valence-corrected chi connectivity index (χ3v) is 7.31. The Hall–Kier alpha value is -1.67. The zero-order valence-corrected chi connectivity index (χ0v) is 20.7. The number of halogens is 1. The number of aliphatic hydroxyl groups is 2. The SMILES string of the molecule is CC(C)(C)C(O)c1cc(C(=O)c2cncnc2N[C@@H]2C[C@H](COS(N)(=O)=O)[C@@H](O)C2)sc1Cl. The van der Waals surface area contributed by atoms with Crippen molar-refractivity contribution in [3.8, 4) is 0 Å². The van der Waals surface area contributed by atoms with E-state index in [1.54, 1.807) is 6.07 Å². The molecule has 4 atom stereocenters. The van der Waals surface area contributed by atoms with Crippen LogP contribution in [0.3, 0.4) is 0 Å². The average Bonchev–Trinajstić information content (AvgIpc) is 3.26. The zero-order valence-electron chi connectivity index (χ0n) is 18.4. The van der Waals surface area contributed by atoms with Crippen molar-refractivity contribution in [3.63, 3.8) is 0 Å². The van der Waals surface area contributed by atoms with E-state index >= 15 is 0 Å². The third kappa shape index (κ3) is 6.47. The Morgan fingerprint density at radius 3 is 2.76 bits per heavy atom. The fraction of sp³-hybridized carbons (Fsp3) is 0.550. The molecule has 182 valence electrons. The molecule has 2 aromatic rings. The maximum Gasteiger partial charge on any atom is 0.333 e. The lowest BCUT2D eigenvalue weighted by Gasteiger charge is -2.25. The van der Waals surface area contributed by atoms with Crippen LogP contribution in [-0.4, -0.2) is 53.1 Å². The molecule has 2 heterocycles. The summed E-state index contributed by atoms with van der Waals surface area (Å²) in [5.74, 6) is -0.521. The summed E-state index contributed by atoms with van der Waals surface area (Å²) >= 11 is 7.39. The van der Waals surface area contributed by atoms with Crippen molar-refractivity contribution in [1.29, 1.82) is 0 Å². The first-order valence-electron chi connectivity index (χ1n) is 10.2. The normalized spacial score (nSPS) is 22.3. The molecule has 1 fully saturated rings. The van der Waals surface area contributed by atoms with Gasteiger partial charge in [-0.25, -0.2) is 15.1 Å². The van der Waals surface area contributed by atoms with E-state index in [-0.39, 0.29) is 29.8 Å². The van der Waals surface area contributed by atoms with Crippen molar-refractivity contribution < 1.29 is 27.6 Å². The lowest BCUT2D eigenvalue weighted by Crippen LogP contribution is -2.24. The van der Waals surface area contributed by atoms with E-state index in [0.29, 0.717) is 27.6 Å². The molecule has 1 aliphatic rings. The number of hydrogen-bond acceptors (Lipinski definition) is 10. The predicted molar refractivity (Wildman–Crippen MR) is 124 cm³/mol. The molecular weight excluding hydrogens is 492 g/mol.